The van der Waals surface area contributed by atoms with E-state index in [1.165, 1.54) is 13.2 Å². The molecule has 4 fully saturated rings. The Bertz CT molecular complexity index is 1880. The Morgan fingerprint density at radius 1 is 0.981 bits per heavy atom. The van der Waals surface area contributed by atoms with Gasteiger partial charge in [0.1, 0.15) is 12.4 Å². The van der Waals surface area contributed by atoms with Crippen LogP contribution in [0.15, 0.2) is 66.5 Å². The SMILES string of the molecule is COc1cc(F)c(OC2CCC(C)(C(=O)OCc3cccc4ccccc34)CC2)cc1C(=O)N[C@H]1[C@@H](C(=O)NCC2(C)CCC2)[C@@H]2CC(=CF)[C@H]1C2. The zero-order chi connectivity index (χ0) is 36.6. The van der Waals surface area contributed by atoms with Crippen molar-refractivity contribution < 1.29 is 37.4 Å². The smallest absolute Gasteiger partial charge is 0.312 e. The van der Waals surface area contributed by atoms with E-state index in [2.05, 4.69) is 17.6 Å². The zero-order valence-electron chi connectivity index (χ0n) is 30.1. The predicted molar refractivity (Wildman–Crippen MR) is 193 cm³/mol. The number of nitrogens with one attached hydrogen (secondary N) is 2. The number of carbonyl (C=O) groups is 3. The van der Waals surface area contributed by atoms with E-state index in [1.54, 1.807) is 0 Å². The third-order valence-corrected chi connectivity index (χ3v) is 12.4. The maximum atomic E-state index is 15.4. The number of halogens is 2. The van der Waals surface area contributed by atoms with E-state index in [4.69, 9.17) is 14.2 Å². The Morgan fingerprint density at radius 3 is 2.44 bits per heavy atom. The lowest BCUT2D eigenvalue weighted by atomic mass is 9.70. The quantitative estimate of drug-likeness (QED) is 0.196. The summed E-state index contributed by atoms with van der Waals surface area (Å²) in [4.78, 5) is 40.7. The van der Waals surface area contributed by atoms with Gasteiger partial charge in [0.05, 0.1) is 36.4 Å². The van der Waals surface area contributed by atoms with Gasteiger partial charge in [0.15, 0.2) is 11.6 Å². The van der Waals surface area contributed by atoms with E-state index in [1.807, 2.05) is 49.4 Å². The standard InChI is InChI=1S/C42H48F2N2O6/c1-41(14-7-15-41)24-45-39(48)36-27-18-28(22-43)31(19-27)37(36)46-38(47)32-20-35(33(44)21-34(32)50-3)52-29-12-16-42(2,17-13-29)40(49)51-23-26-10-6-9-25-8-4-5-11-30(25)26/h4-6,8-11,20-22,27,29,31,36-37H,7,12-19,23-24H2,1-3H3,(H,45,48)(H,46,47)/t27-,29?,31-,36+,37-,42?/m1/s1. The topological polar surface area (TPSA) is 103 Å². The van der Waals surface area contributed by atoms with Crippen LogP contribution in [0.4, 0.5) is 8.78 Å². The van der Waals surface area contributed by atoms with E-state index < -0.39 is 29.1 Å². The molecule has 2 bridgehead atoms. The summed E-state index contributed by atoms with van der Waals surface area (Å²) in [6.45, 7) is 4.81. The monoisotopic (exact) mass is 714 g/mol. The number of fused-ring (bicyclic) bond motifs is 3. The lowest BCUT2D eigenvalue weighted by molar-refractivity contribution is -0.159. The minimum atomic E-state index is -0.708. The molecule has 0 unspecified atom stereocenters. The molecular weight excluding hydrogens is 666 g/mol. The van der Waals surface area contributed by atoms with E-state index in [-0.39, 0.29) is 58.9 Å². The number of esters is 1. The summed E-state index contributed by atoms with van der Waals surface area (Å²) in [7, 11) is 1.35. The molecule has 7 rings (SSSR count). The van der Waals surface area contributed by atoms with Crippen LogP contribution in [0.1, 0.15) is 87.6 Å². The first-order chi connectivity index (χ1) is 25.0. The van der Waals surface area contributed by atoms with Crippen LogP contribution < -0.4 is 20.1 Å². The second kappa shape index (κ2) is 14.5. The number of amides is 2. The first-order valence-corrected chi connectivity index (χ1v) is 18.6. The van der Waals surface area contributed by atoms with Gasteiger partial charge in [-0.2, -0.15) is 0 Å². The van der Waals surface area contributed by atoms with E-state index in [9.17, 15) is 18.8 Å². The highest BCUT2D eigenvalue weighted by atomic mass is 19.1. The van der Waals surface area contributed by atoms with Crippen LogP contribution in [0, 0.1) is 34.4 Å². The Labute approximate surface area is 303 Å². The molecule has 52 heavy (non-hydrogen) atoms. The van der Waals surface area contributed by atoms with E-state index >= 15 is 4.39 Å². The van der Waals surface area contributed by atoms with Crippen LogP contribution in [0.5, 0.6) is 11.5 Å². The van der Waals surface area contributed by atoms with Crippen molar-refractivity contribution in [1.29, 1.82) is 0 Å². The maximum Gasteiger partial charge on any atom is 0.312 e. The number of benzene rings is 3. The number of hydrogen-bond donors (Lipinski definition) is 2. The fraction of sp³-hybridized carbons (Fsp3) is 0.500. The molecule has 276 valence electrons. The van der Waals surface area contributed by atoms with Gasteiger partial charge >= 0.3 is 5.97 Å². The summed E-state index contributed by atoms with van der Waals surface area (Å²) in [6.07, 6.45) is 6.58. The first-order valence-electron chi connectivity index (χ1n) is 18.6. The van der Waals surface area contributed by atoms with Gasteiger partial charge in [-0.05, 0) is 97.6 Å². The molecule has 4 aliphatic carbocycles. The van der Waals surface area contributed by atoms with Gasteiger partial charge in [-0.1, -0.05) is 55.8 Å². The van der Waals surface area contributed by atoms with Crippen molar-refractivity contribution in [1.82, 2.24) is 10.6 Å². The third-order valence-electron chi connectivity index (χ3n) is 12.4. The number of hydrogen-bond acceptors (Lipinski definition) is 6. The maximum absolute atomic E-state index is 15.4. The lowest BCUT2D eigenvalue weighted by Gasteiger charge is -2.39. The van der Waals surface area contributed by atoms with Crippen molar-refractivity contribution in [3.8, 4) is 11.5 Å². The zero-order valence-corrected chi connectivity index (χ0v) is 30.1. The highest BCUT2D eigenvalue weighted by Gasteiger charge is 2.54. The fourth-order valence-corrected chi connectivity index (χ4v) is 8.94. The van der Waals surface area contributed by atoms with Crippen molar-refractivity contribution in [3.63, 3.8) is 0 Å². The van der Waals surface area contributed by atoms with Gasteiger partial charge in [-0.25, -0.2) is 8.78 Å². The van der Waals surface area contributed by atoms with Crippen LogP contribution in [0.3, 0.4) is 0 Å². The Hall–Kier alpha value is -4.47. The van der Waals surface area contributed by atoms with E-state index in [0.29, 0.717) is 57.0 Å². The molecule has 3 aromatic rings. The van der Waals surface area contributed by atoms with E-state index in [0.717, 1.165) is 41.7 Å². The average Bonchev–Trinajstić information content (AvgIpc) is 3.72. The second-order valence-electron chi connectivity index (χ2n) is 16.0. The Morgan fingerprint density at radius 2 is 1.73 bits per heavy atom. The van der Waals surface area contributed by atoms with Crippen LogP contribution in [-0.4, -0.2) is 43.6 Å². The van der Waals surface area contributed by atoms with Crippen molar-refractivity contribution in [2.45, 2.75) is 90.4 Å². The number of rotatable bonds is 11. The minimum absolute atomic E-state index is 0.0239. The second-order valence-corrected chi connectivity index (χ2v) is 16.0. The molecule has 0 heterocycles. The normalized spacial score (nSPS) is 28.2. The van der Waals surface area contributed by atoms with Crippen molar-refractivity contribution in [2.24, 2.45) is 28.6 Å². The van der Waals surface area contributed by atoms with Crippen molar-refractivity contribution in [3.05, 3.63) is 83.4 Å². The van der Waals surface area contributed by atoms with Gasteiger partial charge < -0.3 is 24.8 Å². The Kier molecular flexibility index (Phi) is 10.0. The van der Waals surface area contributed by atoms with Gasteiger partial charge in [0.2, 0.25) is 5.91 Å². The third kappa shape index (κ3) is 7.00. The first kappa shape index (κ1) is 35.9. The van der Waals surface area contributed by atoms with Gasteiger partial charge in [0.25, 0.3) is 5.91 Å². The molecule has 4 aliphatic rings. The minimum Gasteiger partial charge on any atom is -0.496 e. The summed E-state index contributed by atoms with van der Waals surface area (Å²) in [5.41, 5.74) is 0.985. The molecule has 3 aromatic carbocycles. The summed E-state index contributed by atoms with van der Waals surface area (Å²) in [5.74, 6) is -2.58. The molecule has 0 spiro atoms. The van der Waals surface area contributed by atoms with Crippen LogP contribution in [0.2, 0.25) is 0 Å². The van der Waals surface area contributed by atoms with Crippen LogP contribution >= 0.6 is 0 Å². The highest BCUT2D eigenvalue weighted by Crippen LogP contribution is 2.52. The lowest BCUT2D eigenvalue weighted by Crippen LogP contribution is -2.52. The fourth-order valence-electron chi connectivity index (χ4n) is 8.94. The molecular formula is C42H48F2N2O6. The molecule has 0 saturated heterocycles. The summed E-state index contributed by atoms with van der Waals surface area (Å²) < 4.78 is 46.6. The molecule has 0 aromatic heterocycles. The molecule has 8 nitrogen and oxygen atoms in total. The molecule has 4 saturated carbocycles. The Balaban J connectivity index is 0.997. The summed E-state index contributed by atoms with van der Waals surface area (Å²) >= 11 is 0. The number of carbonyl (C=O) groups excluding carboxylic acids is 3. The largest absolute Gasteiger partial charge is 0.496 e. The molecule has 2 N–H and O–H groups in total. The molecule has 4 atom stereocenters. The molecule has 10 heteroatoms. The molecule has 2 amide bonds. The van der Waals surface area contributed by atoms with Crippen molar-refractivity contribution in [2.75, 3.05) is 13.7 Å². The van der Waals surface area contributed by atoms with Gasteiger partial charge in [0, 0.05) is 24.6 Å². The summed E-state index contributed by atoms with van der Waals surface area (Å²) in [6, 6.07) is 15.8. The number of ether oxygens (including phenoxy) is 3. The summed E-state index contributed by atoms with van der Waals surface area (Å²) in [5, 5.41) is 8.26. The van der Waals surface area contributed by atoms with Gasteiger partial charge in [-0.15, -0.1) is 0 Å². The molecule has 0 radical (unpaired) electrons. The highest BCUT2D eigenvalue weighted by molar-refractivity contribution is 5.98. The van der Waals surface area contributed by atoms with Gasteiger partial charge in [-0.3, -0.25) is 14.4 Å². The predicted octanol–water partition coefficient (Wildman–Crippen LogP) is 7.97. The van der Waals surface area contributed by atoms with Crippen LogP contribution in [-0.2, 0) is 20.9 Å². The average molecular weight is 715 g/mol. The van der Waals surface area contributed by atoms with Crippen LogP contribution in [0.25, 0.3) is 10.8 Å². The number of methoxy groups -OCH3 is 1. The van der Waals surface area contributed by atoms with Crippen molar-refractivity contribution >= 4 is 28.6 Å². The molecule has 0 aliphatic heterocycles.